The van der Waals surface area contributed by atoms with Crippen LogP contribution in [-0.4, -0.2) is 4.98 Å². The molecule has 3 aromatic carbocycles. The minimum absolute atomic E-state index is 0.572. The molecule has 132 valence electrons. The summed E-state index contributed by atoms with van der Waals surface area (Å²) in [5, 5.41) is 9.59. The topological polar surface area (TPSA) is 39.9 Å². The van der Waals surface area contributed by atoms with E-state index in [0.717, 1.165) is 28.2 Å². The van der Waals surface area contributed by atoms with Crippen LogP contribution >= 0.6 is 11.8 Å². The van der Waals surface area contributed by atoms with E-state index in [-0.39, 0.29) is 0 Å². The first-order chi connectivity index (χ1) is 13.9. The SMILES string of the molecule is N#Cc1cnccc1-c1ccccc1N1c2ccccc2Sc2ccccc21. The van der Waals surface area contributed by atoms with E-state index in [9.17, 15) is 5.26 Å². The summed E-state index contributed by atoms with van der Waals surface area (Å²) in [6.45, 7) is 0. The fraction of sp³-hybridized carbons (Fsp3) is 0. The van der Waals surface area contributed by atoms with Gasteiger partial charge < -0.3 is 4.90 Å². The molecule has 0 aliphatic carbocycles. The van der Waals surface area contributed by atoms with Crippen molar-refractivity contribution in [2.24, 2.45) is 0 Å². The fourth-order valence-corrected chi connectivity index (χ4v) is 4.64. The van der Waals surface area contributed by atoms with Gasteiger partial charge in [-0.15, -0.1) is 0 Å². The maximum absolute atomic E-state index is 9.59. The number of hydrogen-bond acceptors (Lipinski definition) is 4. The lowest BCUT2D eigenvalue weighted by Gasteiger charge is -2.34. The van der Waals surface area contributed by atoms with Crippen molar-refractivity contribution in [1.29, 1.82) is 5.26 Å². The first-order valence-electron chi connectivity index (χ1n) is 8.96. The number of pyridine rings is 1. The molecular weight excluding hydrogens is 362 g/mol. The second-order valence-electron chi connectivity index (χ2n) is 6.42. The number of anilines is 3. The molecule has 1 aromatic heterocycles. The summed E-state index contributed by atoms with van der Waals surface area (Å²) in [6.07, 6.45) is 3.36. The lowest BCUT2D eigenvalue weighted by Crippen LogP contribution is -2.15. The van der Waals surface area contributed by atoms with Crippen LogP contribution in [0.4, 0.5) is 17.1 Å². The smallest absolute Gasteiger partial charge is 0.101 e. The minimum Gasteiger partial charge on any atom is -0.308 e. The number of aromatic nitrogens is 1. The Bertz CT molecular complexity index is 1180. The largest absolute Gasteiger partial charge is 0.308 e. The van der Waals surface area contributed by atoms with E-state index < -0.39 is 0 Å². The molecular formula is C24H15N3S. The normalized spacial score (nSPS) is 12.0. The summed E-state index contributed by atoms with van der Waals surface area (Å²) >= 11 is 1.79. The van der Waals surface area contributed by atoms with Crippen LogP contribution in [0, 0.1) is 11.3 Å². The number of benzene rings is 3. The number of rotatable bonds is 2. The fourth-order valence-electron chi connectivity index (χ4n) is 3.58. The van der Waals surface area contributed by atoms with Crippen LogP contribution in [0.5, 0.6) is 0 Å². The average Bonchev–Trinajstić information content (AvgIpc) is 2.77. The van der Waals surface area contributed by atoms with Crippen LogP contribution in [0.1, 0.15) is 5.56 Å². The number of hydrogen-bond donors (Lipinski definition) is 0. The third-order valence-electron chi connectivity index (χ3n) is 4.81. The quantitative estimate of drug-likeness (QED) is 0.349. The summed E-state index contributed by atoms with van der Waals surface area (Å²) in [5.74, 6) is 0. The van der Waals surface area contributed by atoms with E-state index in [1.807, 2.05) is 18.2 Å². The molecule has 0 radical (unpaired) electrons. The third-order valence-corrected chi connectivity index (χ3v) is 5.94. The highest BCUT2D eigenvalue weighted by molar-refractivity contribution is 7.99. The van der Waals surface area contributed by atoms with Crippen molar-refractivity contribution in [2.45, 2.75) is 9.79 Å². The third kappa shape index (κ3) is 2.65. The lowest BCUT2D eigenvalue weighted by atomic mass is 9.99. The van der Waals surface area contributed by atoms with Gasteiger partial charge in [-0.25, -0.2) is 0 Å². The van der Waals surface area contributed by atoms with Gasteiger partial charge in [-0.2, -0.15) is 5.26 Å². The molecule has 0 bridgehead atoms. The van der Waals surface area contributed by atoms with Gasteiger partial charge in [0, 0.05) is 33.3 Å². The van der Waals surface area contributed by atoms with E-state index in [1.54, 1.807) is 24.2 Å². The van der Waals surface area contributed by atoms with Gasteiger partial charge >= 0.3 is 0 Å². The molecule has 28 heavy (non-hydrogen) atoms. The Morgan fingerprint density at radius 2 is 1.32 bits per heavy atom. The highest BCUT2D eigenvalue weighted by Gasteiger charge is 2.26. The molecule has 0 saturated carbocycles. The molecule has 4 heteroatoms. The van der Waals surface area contributed by atoms with Crippen molar-refractivity contribution in [3.8, 4) is 17.2 Å². The standard InChI is InChI=1S/C24H15N3S/c25-15-17-16-26-14-13-18(17)19-7-1-2-8-20(19)27-21-9-3-5-11-23(21)28-24-12-6-4-10-22(24)27/h1-14,16H. The van der Waals surface area contributed by atoms with E-state index in [0.29, 0.717) is 5.56 Å². The van der Waals surface area contributed by atoms with E-state index in [2.05, 4.69) is 76.6 Å². The predicted molar refractivity (Wildman–Crippen MR) is 113 cm³/mol. The van der Waals surface area contributed by atoms with Gasteiger partial charge in [-0.05, 0) is 36.4 Å². The number of nitriles is 1. The van der Waals surface area contributed by atoms with Crippen molar-refractivity contribution in [1.82, 2.24) is 4.98 Å². The number of nitrogens with zero attached hydrogens (tertiary/aromatic N) is 3. The molecule has 2 heterocycles. The Hall–Kier alpha value is -3.55. The number of fused-ring (bicyclic) bond motifs is 2. The van der Waals surface area contributed by atoms with E-state index in [4.69, 9.17) is 0 Å². The summed E-state index contributed by atoms with van der Waals surface area (Å²) < 4.78 is 0. The Morgan fingerprint density at radius 3 is 2.00 bits per heavy atom. The zero-order valence-electron chi connectivity index (χ0n) is 14.9. The van der Waals surface area contributed by atoms with Gasteiger partial charge in [0.2, 0.25) is 0 Å². The highest BCUT2D eigenvalue weighted by Crippen LogP contribution is 2.52. The van der Waals surface area contributed by atoms with Gasteiger partial charge in [-0.1, -0.05) is 54.2 Å². The molecule has 1 aliphatic rings. The molecule has 0 fully saturated rings. The van der Waals surface area contributed by atoms with Gasteiger partial charge in [0.1, 0.15) is 6.07 Å². The highest BCUT2D eigenvalue weighted by atomic mass is 32.2. The van der Waals surface area contributed by atoms with Crippen molar-refractivity contribution in [2.75, 3.05) is 4.90 Å². The van der Waals surface area contributed by atoms with Crippen molar-refractivity contribution in [3.05, 3.63) is 96.8 Å². The van der Waals surface area contributed by atoms with Gasteiger partial charge in [0.05, 0.1) is 22.6 Å². The summed E-state index contributed by atoms with van der Waals surface area (Å²) in [5.41, 5.74) is 5.81. The molecule has 0 unspecified atom stereocenters. The molecule has 0 spiro atoms. The molecule has 4 aromatic rings. The van der Waals surface area contributed by atoms with Crippen LogP contribution in [0.15, 0.2) is 101 Å². The van der Waals surface area contributed by atoms with Crippen molar-refractivity contribution in [3.63, 3.8) is 0 Å². The van der Waals surface area contributed by atoms with Crippen molar-refractivity contribution >= 4 is 28.8 Å². The van der Waals surface area contributed by atoms with E-state index in [1.165, 1.54) is 9.79 Å². The Labute approximate surface area is 167 Å². The van der Waals surface area contributed by atoms with Crippen LogP contribution < -0.4 is 4.90 Å². The average molecular weight is 377 g/mol. The number of para-hydroxylation sites is 3. The molecule has 1 aliphatic heterocycles. The predicted octanol–water partition coefficient (Wildman–Crippen LogP) is 6.55. The molecule has 0 N–H and O–H groups in total. The maximum atomic E-state index is 9.59. The summed E-state index contributed by atoms with van der Waals surface area (Å²) in [6, 6.07) is 29.3. The van der Waals surface area contributed by atoms with Crippen LogP contribution in [0.25, 0.3) is 11.1 Å². The monoisotopic (exact) mass is 377 g/mol. The Kier molecular flexibility index (Phi) is 4.08. The first-order valence-corrected chi connectivity index (χ1v) is 9.78. The lowest BCUT2D eigenvalue weighted by molar-refractivity contribution is 1.17. The van der Waals surface area contributed by atoms with Crippen LogP contribution in [-0.2, 0) is 0 Å². The van der Waals surface area contributed by atoms with Gasteiger partial charge in [0.15, 0.2) is 0 Å². The molecule has 3 nitrogen and oxygen atoms in total. The van der Waals surface area contributed by atoms with Gasteiger partial charge in [0.25, 0.3) is 0 Å². The second kappa shape index (κ2) is 6.88. The maximum Gasteiger partial charge on any atom is 0.101 e. The zero-order chi connectivity index (χ0) is 18.9. The van der Waals surface area contributed by atoms with Crippen LogP contribution in [0.2, 0.25) is 0 Å². The second-order valence-corrected chi connectivity index (χ2v) is 7.51. The molecule has 0 atom stereocenters. The minimum atomic E-state index is 0.572. The van der Waals surface area contributed by atoms with Gasteiger partial charge in [-0.3, -0.25) is 4.98 Å². The summed E-state index contributed by atoms with van der Waals surface area (Å²) in [4.78, 5) is 8.83. The molecule has 0 amide bonds. The van der Waals surface area contributed by atoms with Crippen molar-refractivity contribution < 1.29 is 0 Å². The first kappa shape index (κ1) is 16.6. The summed E-state index contributed by atoms with van der Waals surface area (Å²) in [7, 11) is 0. The Balaban J connectivity index is 1.79. The molecule has 5 rings (SSSR count). The van der Waals surface area contributed by atoms with E-state index >= 15 is 0 Å². The zero-order valence-corrected chi connectivity index (χ0v) is 15.7. The molecule has 0 saturated heterocycles. The Morgan fingerprint density at radius 1 is 0.714 bits per heavy atom. The van der Waals surface area contributed by atoms with Crippen LogP contribution in [0.3, 0.4) is 0 Å².